The van der Waals surface area contributed by atoms with Crippen molar-refractivity contribution >= 4 is 94.4 Å². The maximum Gasteiger partial charge on any atom is 0.252 e. The Morgan fingerprint density at radius 1 is 0.507 bits per heavy atom. The van der Waals surface area contributed by atoms with E-state index in [-0.39, 0.29) is 58.1 Å². The largest absolute Gasteiger partial charge is 0.335 e. The van der Waals surface area contributed by atoms with Gasteiger partial charge in [0.05, 0.1) is 22.2 Å². The molecule has 3 nitrogen and oxygen atoms in total. The van der Waals surface area contributed by atoms with Crippen molar-refractivity contribution in [3.63, 3.8) is 0 Å². The predicted octanol–water partition coefficient (Wildman–Crippen LogP) is 17.7. The third-order valence-electron chi connectivity index (χ3n) is 20.5. The smallest absolute Gasteiger partial charge is 0.252 e. The monoisotopic (exact) mass is 1010 g/mol. The summed E-state index contributed by atoms with van der Waals surface area (Å²) in [6, 6.07) is 40.6. The molecule has 75 heavy (non-hydrogen) atoms. The molecule has 5 heterocycles. The van der Waals surface area contributed by atoms with Crippen LogP contribution in [0.2, 0.25) is 0 Å². The van der Waals surface area contributed by atoms with E-state index in [1.807, 2.05) is 11.3 Å². The lowest BCUT2D eigenvalue weighted by molar-refractivity contribution is 0.194. The Balaban J connectivity index is 1.18. The van der Waals surface area contributed by atoms with Gasteiger partial charge in [0.25, 0.3) is 6.71 Å². The van der Waals surface area contributed by atoms with Crippen molar-refractivity contribution in [2.24, 2.45) is 0 Å². The Labute approximate surface area is 458 Å². The van der Waals surface area contributed by atoms with E-state index in [1.165, 1.54) is 93.4 Å². The summed E-state index contributed by atoms with van der Waals surface area (Å²) in [5.41, 5.74) is 18.6. The third-order valence-corrected chi connectivity index (χ3v) is 21.6. The maximum atomic E-state index is 9.97. The van der Waals surface area contributed by atoms with Crippen molar-refractivity contribution in [3.8, 4) is 11.1 Å². The summed E-state index contributed by atoms with van der Waals surface area (Å²) >= 11 is 1.92. The van der Waals surface area contributed by atoms with E-state index < -0.39 is 11.0 Å². The highest BCUT2D eigenvalue weighted by Gasteiger charge is 2.63. The summed E-state index contributed by atoms with van der Waals surface area (Å²) < 4.78 is 40.8. The molecular formula is C70H76BN3S. The van der Waals surface area contributed by atoms with Gasteiger partial charge in [-0.05, 0) is 160 Å². The summed E-state index contributed by atoms with van der Waals surface area (Å²) in [5.74, 6) is 0. The first kappa shape index (κ1) is 43.3. The molecule has 0 spiro atoms. The Kier molecular flexibility index (Phi) is 8.93. The lowest BCUT2D eigenvalue weighted by Crippen LogP contribution is -2.64. The quantitative estimate of drug-likeness (QED) is 0.163. The molecule has 2 fully saturated rings. The normalized spacial score (nSPS) is 25.3. The van der Waals surface area contributed by atoms with E-state index >= 15 is 0 Å². The van der Waals surface area contributed by atoms with Gasteiger partial charge < -0.3 is 14.7 Å². The molecule has 4 aliphatic heterocycles. The van der Waals surface area contributed by atoms with E-state index in [0.717, 1.165) is 67.6 Å². The van der Waals surface area contributed by atoms with Crippen molar-refractivity contribution in [2.75, 3.05) is 14.7 Å². The molecular weight excluding hydrogens is 926 g/mol. The molecule has 2 aliphatic carbocycles. The molecule has 0 saturated heterocycles. The molecule has 0 N–H and O–H groups in total. The SMILES string of the molecule is [2H]c1c([2H])c([2H])c2c(c1[2H])N(c1cc3c4c(c1)N1c5c(cc(C(C)(C)C)cc5C5(C)CCCCC15C)B4c1cc4sc5ccc(C(C)(C)C)cc5c4cc1N3c1ccc(C(C)(C)C)cc1-c1ccccc1)C1(C)CCCCC21C. The summed E-state index contributed by atoms with van der Waals surface area (Å²) in [5, 5.41) is 2.57. The van der Waals surface area contributed by atoms with Crippen LogP contribution in [0.15, 0.2) is 127 Å². The minimum Gasteiger partial charge on any atom is -0.335 e. The molecule has 5 heteroatoms. The van der Waals surface area contributed by atoms with Crippen molar-refractivity contribution < 1.29 is 5.48 Å². The number of fused-ring (bicyclic) bond motifs is 13. The summed E-state index contributed by atoms with van der Waals surface area (Å²) in [4.78, 5) is 7.94. The lowest BCUT2D eigenvalue weighted by atomic mass is 9.33. The maximum absolute atomic E-state index is 9.97. The fourth-order valence-corrected chi connectivity index (χ4v) is 16.8. The topological polar surface area (TPSA) is 9.72 Å². The fourth-order valence-electron chi connectivity index (χ4n) is 15.7. The van der Waals surface area contributed by atoms with Crippen LogP contribution in [0.25, 0.3) is 31.3 Å². The van der Waals surface area contributed by atoms with Crippen LogP contribution in [0.3, 0.4) is 0 Å². The molecule has 4 atom stereocenters. The van der Waals surface area contributed by atoms with E-state index in [2.05, 4.69) is 208 Å². The molecule has 1 aromatic heterocycles. The van der Waals surface area contributed by atoms with Gasteiger partial charge in [0.1, 0.15) is 0 Å². The van der Waals surface area contributed by atoms with Gasteiger partial charge >= 0.3 is 0 Å². The Morgan fingerprint density at radius 3 is 1.83 bits per heavy atom. The van der Waals surface area contributed by atoms with Gasteiger partial charge in [0.15, 0.2) is 0 Å². The van der Waals surface area contributed by atoms with E-state index in [0.29, 0.717) is 5.69 Å². The fraction of sp³-hybridized carbons (Fsp3) is 0.400. The molecule has 6 aliphatic rings. The van der Waals surface area contributed by atoms with E-state index in [1.54, 1.807) is 0 Å². The van der Waals surface area contributed by atoms with Gasteiger partial charge in [-0.3, -0.25) is 0 Å². The number of hydrogen-bond acceptors (Lipinski definition) is 4. The van der Waals surface area contributed by atoms with Crippen molar-refractivity contribution in [1.82, 2.24) is 0 Å². The number of thiophene rings is 1. The van der Waals surface area contributed by atoms with Gasteiger partial charge in [-0.15, -0.1) is 11.3 Å². The van der Waals surface area contributed by atoms with Gasteiger partial charge in [0, 0.05) is 70.7 Å². The first-order chi connectivity index (χ1) is 37.2. The van der Waals surface area contributed by atoms with Crippen LogP contribution in [-0.2, 0) is 27.1 Å². The number of para-hydroxylation sites is 1. The van der Waals surface area contributed by atoms with Crippen molar-refractivity contribution in [1.29, 1.82) is 0 Å². The lowest BCUT2D eigenvalue weighted by Gasteiger charge is -2.54. The van der Waals surface area contributed by atoms with Crippen molar-refractivity contribution in [3.05, 3.63) is 155 Å². The number of nitrogens with zero attached hydrogens (tertiary/aromatic N) is 3. The van der Waals surface area contributed by atoms with Crippen LogP contribution in [0.5, 0.6) is 0 Å². The van der Waals surface area contributed by atoms with Crippen LogP contribution in [-0.4, -0.2) is 17.8 Å². The third kappa shape index (κ3) is 6.34. The molecule has 0 radical (unpaired) electrons. The number of benzene rings is 7. The molecule has 380 valence electrons. The van der Waals surface area contributed by atoms with Crippen LogP contribution in [0.1, 0.15) is 175 Å². The number of anilines is 7. The number of hydrogen-bond donors (Lipinski definition) is 0. The zero-order chi connectivity index (χ0) is 55.6. The molecule has 14 rings (SSSR count). The minimum absolute atomic E-state index is 0.0213. The second-order valence-corrected chi connectivity index (χ2v) is 28.8. The first-order valence-corrected chi connectivity index (χ1v) is 29.1. The highest BCUT2D eigenvalue weighted by molar-refractivity contribution is 7.26. The average Bonchev–Trinajstić information content (AvgIpc) is 2.31. The molecule has 0 amide bonds. The summed E-state index contributed by atoms with van der Waals surface area (Å²) in [7, 11) is 0. The average molecular weight is 1010 g/mol. The second-order valence-electron chi connectivity index (χ2n) is 27.7. The Bertz CT molecular complexity index is 3970. The van der Waals surface area contributed by atoms with Gasteiger partial charge in [-0.25, -0.2) is 0 Å². The predicted molar refractivity (Wildman–Crippen MR) is 326 cm³/mol. The zero-order valence-electron chi connectivity index (χ0n) is 50.8. The van der Waals surface area contributed by atoms with Gasteiger partial charge in [0.2, 0.25) is 0 Å². The minimum atomic E-state index is -0.541. The van der Waals surface area contributed by atoms with Crippen LogP contribution in [0.4, 0.5) is 39.8 Å². The zero-order valence-corrected chi connectivity index (χ0v) is 47.6. The summed E-state index contributed by atoms with van der Waals surface area (Å²) in [6.45, 7) is 30.8. The number of rotatable bonds is 3. The summed E-state index contributed by atoms with van der Waals surface area (Å²) in [6.07, 6.45) is 8.28. The Morgan fingerprint density at radius 2 is 1.12 bits per heavy atom. The highest BCUT2D eigenvalue weighted by Crippen LogP contribution is 2.65. The molecule has 7 aromatic carbocycles. The standard InChI is InChI=1S/C70H76BN3S/c1-64(2,3)44-27-29-55(48(35-44)43-23-15-14-16-24-43)72-57-41-50-49-36-45(65(4,5)6)28-30-60(49)75-61(50)42-53(57)71-54-38-46(66(7,8)9)37-52-63(54)74(70(13)34-22-20-32-68(52,70)11)59-40-47(39-58(72)62(59)71)73-56-26-18-17-25-51(56)67(10)31-19-21-33-69(67,73)12/h14-18,23-30,35-42H,19-22,31-34H2,1-13H3/i17D,18D,25D,26D. The van der Waals surface area contributed by atoms with Crippen LogP contribution >= 0.6 is 11.3 Å². The van der Waals surface area contributed by atoms with E-state index in [4.69, 9.17) is 1.37 Å². The van der Waals surface area contributed by atoms with Crippen molar-refractivity contribution in [2.45, 2.75) is 180 Å². The van der Waals surface area contributed by atoms with Crippen LogP contribution < -0.4 is 31.1 Å². The second kappa shape index (κ2) is 15.5. The highest BCUT2D eigenvalue weighted by atomic mass is 32.1. The Hall–Kier alpha value is -5.78. The van der Waals surface area contributed by atoms with Gasteiger partial charge in [-0.2, -0.15) is 0 Å². The molecule has 8 aromatic rings. The molecule has 4 unspecified atom stereocenters. The molecule has 0 bridgehead atoms. The van der Waals surface area contributed by atoms with Gasteiger partial charge in [-0.1, -0.05) is 175 Å². The first-order valence-electron chi connectivity index (χ1n) is 30.3. The van der Waals surface area contributed by atoms with Crippen LogP contribution in [0, 0.1) is 0 Å². The van der Waals surface area contributed by atoms with E-state index in [9.17, 15) is 4.11 Å². The molecule has 2 saturated carbocycles.